The lowest BCUT2D eigenvalue weighted by Gasteiger charge is -2.32. The fraction of sp³-hybridized carbons (Fsp3) is 0.525. The Morgan fingerprint density at radius 1 is 1.04 bits per heavy atom. The first kappa shape index (κ1) is 38.3. The average molecular weight is 662 g/mol. The number of alkyl halides is 1. The van der Waals surface area contributed by atoms with Gasteiger partial charge in [0.05, 0.1) is 12.1 Å². The van der Waals surface area contributed by atoms with E-state index >= 15 is 0 Å². The van der Waals surface area contributed by atoms with E-state index in [0.29, 0.717) is 29.4 Å². The molecule has 0 aromatic heterocycles. The fourth-order valence-electron chi connectivity index (χ4n) is 7.05. The van der Waals surface area contributed by atoms with Gasteiger partial charge in [0, 0.05) is 19.0 Å². The van der Waals surface area contributed by atoms with Crippen molar-refractivity contribution in [2.45, 2.75) is 91.7 Å². The van der Waals surface area contributed by atoms with Crippen LogP contribution in [0, 0.1) is 11.8 Å². The number of likely N-dealkylation sites (tertiary alicyclic amines) is 1. The van der Waals surface area contributed by atoms with Gasteiger partial charge in [0.2, 0.25) is 5.91 Å². The molecule has 5 rings (SSSR count). The minimum Gasteiger partial charge on any atom is -0.372 e. The Hall–Kier alpha value is -3.16. The first-order valence-electron chi connectivity index (χ1n) is 17.7. The fourth-order valence-corrected chi connectivity index (χ4v) is 7.30. The van der Waals surface area contributed by atoms with Gasteiger partial charge in [-0.2, -0.15) is 0 Å². The van der Waals surface area contributed by atoms with Crippen LogP contribution in [0.2, 0.25) is 0 Å². The molecule has 47 heavy (non-hydrogen) atoms. The van der Waals surface area contributed by atoms with Gasteiger partial charge in [-0.1, -0.05) is 114 Å². The predicted molar refractivity (Wildman–Crippen MR) is 199 cm³/mol. The minimum atomic E-state index is -1.49. The normalized spacial score (nSPS) is 18.6. The smallest absolute Gasteiger partial charge is 0.235 e. The number of amides is 1. The SMILES string of the molecule is CC.CC.CC(CC1CCN(CCCCC2(C(=O)NCC(C)(C)F)c3ccccc3-c3ccccc32)C1)C(=O)C1=CC=CCNC1=S. The maximum Gasteiger partial charge on any atom is 0.235 e. The van der Waals surface area contributed by atoms with Gasteiger partial charge in [-0.25, -0.2) is 4.39 Å². The van der Waals surface area contributed by atoms with Gasteiger partial charge in [-0.3, -0.25) is 9.59 Å². The third-order valence-electron chi connectivity index (χ3n) is 9.19. The molecular formula is C40H56FN3O2S. The average Bonchev–Trinajstić information content (AvgIpc) is 3.56. The number of nitrogens with one attached hydrogen (secondary N) is 2. The van der Waals surface area contributed by atoms with E-state index in [9.17, 15) is 14.0 Å². The second-order valence-corrected chi connectivity index (χ2v) is 13.4. The predicted octanol–water partition coefficient (Wildman–Crippen LogP) is 8.37. The van der Waals surface area contributed by atoms with Crippen LogP contribution in [0.4, 0.5) is 4.39 Å². The molecule has 0 radical (unpaired) electrons. The molecule has 2 unspecified atom stereocenters. The second kappa shape index (κ2) is 17.8. The number of fused-ring (bicyclic) bond motifs is 3. The molecule has 5 nitrogen and oxygen atoms in total. The molecule has 2 aliphatic heterocycles. The van der Waals surface area contributed by atoms with Crippen molar-refractivity contribution in [1.29, 1.82) is 0 Å². The van der Waals surface area contributed by atoms with Crippen molar-refractivity contribution in [3.05, 3.63) is 83.5 Å². The lowest BCUT2D eigenvalue weighted by molar-refractivity contribution is -0.126. The molecule has 1 saturated heterocycles. The van der Waals surface area contributed by atoms with Crippen LogP contribution in [0.3, 0.4) is 0 Å². The topological polar surface area (TPSA) is 61.4 Å². The maximum absolute atomic E-state index is 14.5. The van der Waals surface area contributed by atoms with Crippen molar-refractivity contribution in [3.63, 3.8) is 0 Å². The van der Waals surface area contributed by atoms with Crippen LogP contribution in [-0.2, 0) is 15.0 Å². The van der Waals surface area contributed by atoms with Crippen molar-refractivity contribution < 1.29 is 14.0 Å². The van der Waals surface area contributed by atoms with Crippen molar-refractivity contribution in [2.75, 3.05) is 32.7 Å². The molecule has 1 amide bonds. The number of benzene rings is 2. The van der Waals surface area contributed by atoms with Crippen molar-refractivity contribution >= 4 is 28.9 Å². The number of Topliss-reactive ketones (excluding diaryl/α,β-unsaturated/α-hetero) is 1. The molecule has 1 fully saturated rings. The van der Waals surface area contributed by atoms with Crippen molar-refractivity contribution in [2.24, 2.45) is 11.8 Å². The highest BCUT2D eigenvalue weighted by Gasteiger charge is 2.48. The number of unbranched alkanes of at least 4 members (excludes halogenated alkanes) is 1. The first-order valence-corrected chi connectivity index (χ1v) is 18.1. The van der Waals surface area contributed by atoms with E-state index in [1.807, 2.05) is 77.1 Å². The molecule has 7 heteroatoms. The summed E-state index contributed by atoms with van der Waals surface area (Å²) < 4.78 is 14.5. The molecular weight excluding hydrogens is 606 g/mol. The highest BCUT2D eigenvalue weighted by Crippen LogP contribution is 2.51. The molecule has 0 spiro atoms. The zero-order chi connectivity index (χ0) is 34.6. The van der Waals surface area contributed by atoms with Crippen LogP contribution < -0.4 is 10.6 Å². The Labute approximate surface area is 288 Å². The first-order chi connectivity index (χ1) is 22.6. The number of carbonyl (C=O) groups excluding carboxylic acids is 2. The van der Waals surface area contributed by atoms with Gasteiger partial charge >= 0.3 is 0 Å². The summed E-state index contributed by atoms with van der Waals surface area (Å²) in [5.41, 5.74) is 2.50. The molecule has 0 saturated carbocycles. The van der Waals surface area contributed by atoms with E-state index in [0.717, 1.165) is 67.6 Å². The van der Waals surface area contributed by atoms with Crippen LogP contribution >= 0.6 is 12.2 Å². The largest absolute Gasteiger partial charge is 0.372 e. The van der Waals surface area contributed by atoms with Gasteiger partial charge in [0.15, 0.2) is 5.78 Å². The summed E-state index contributed by atoms with van der Waals surface area (Å²) in [5.74, 6) is 0.415. The number of rotatable bonds is 12. The number of halogens is 1. The number of hydrogen-bond donors (Lipinski definition) is 2. The van der Waals surface area contributed by atoms with Gasteiger partial charge in [-0.05, 0) is 86.9 Å². The molecule has 2 atom stereocenters. The summed E-state index contributed by atoms with van der Waals surface area (Å²) in [4.78, 5) is 30.2. The summed E-state index contributed by atoms with van der Waals surface area (Å²) in [5, 5.41) is 6.08. The Balaban J connectivity index is 0.00000144. The van der Waals surface area contributed by atoms with E-state index in [1.165, 1.54) is 13.8 Å². The van der Waals surface area contributed by atoms with Crippen LogP contribution in [-0.4, -0.2) is 60.0 Å². The maximum atomic E-state index is 14.5. The second-order valence-electron chi connectivity index (χ2n) is 13.0. The molecule has 256 valence electrons. The monoisotopic (exact) mass is 661 g/mol. The molecule has 1 aliphatic carbocycles. The van der Waals surface area contributed by atoms with Crippen molar-refractivity contribution in [1.82, 2.24) is 15.5 Å². The quantitative estimate of drug-likeness (QED) is 0.177. The zero-order valence-corrected chi connectivity index (χ0v) is 30.4. The Morgan fingerprint density at radius 2 is 1.66 bits per heavy atom. The van der Waals surface area contributed by atoms with Gasteiger partial charge in [-0.15, -0.1) is 0 Å². The third-order valence-corrected chi connectivity index (χ3v) is 9.56. The van der Waals surface area contributed by atoms with Gasteiger partial charge < -0.3 is 15.5 Å². The summed E-state index contributed by atoms with van der Waals surface area (Å²) in [7, 11) is 0. The Morgan fingerprint density at radius 3 is 2.28 bits per heavy atom. The molecule has 2 aromatic rings. The Kier molecular flexibility index (Phi) is 14.5. The van der Waals surface area contributed by atoms with E-state index in [-0.39, 0.29) is 24.2 Å². The summed E-state index contributed by atoms with van der Waals surface area (Å²) in [6.45, 7) is 16.6. The number of thiocarbonyl (C=S) groups is 1. The number of hydrogen-bond acceptors (Lipinski definition) is 4. The zero-order valence-electron chi connectivity index (χ0n) is 29.6. The van der Waals surface area contributed by atoms with E-state index < -0.39 is 11.1 Å². The van der Waals surface area contributed by atoms with Gasteiger partial charge in [0.1, 0.15) is 16.1 Å². The van der Waals surface area contributed by atoms with Crippen LogP contribution in [0.5, 0.6) is 0 Å². The number of ketones is 1. The Bertz CT molecular complexity index is 1380. The van der Waals surface area contributed by atoms with Gasteiger partial charge in [0.25, 0.3) is 0 Å². The highest BCUT2D eigenvalue weighted by molar-refractivity contribution is 7.80. The lowest BCUT2D eigenvalue weighted by Crippen LogP contribution is -2.47. The lowest BCUT2D eigenvalue weighted by atomic mass is 9.73. The van der Waals surface area contributed by atoms with E-state index in [2.05, 4.69) is 39.8 Å². The number of nitrogens with zero attached hydrogens (tertiary/aromatic N) is 1. The molecule has 0 bridgehead atoms. The summed E-state index contributed by atoms with van der Waals surface area (Å²) >= 11 is 5.42. The summed E-state index contributed by atoms with van der Waals surface area (Å²) in [6, 6.07) is 16.3. The molecule has 2 heterocycles. The third kappa shape index (κ3) is 9.26. The van der Waals surface area contributed by atoms with Crippen molar-refractivity contribution in [3.8, 4) is 11.1 Å². The van der Waals surface area contributed by atoms with Crippen LogP contribution in [0.25, 0.3) is 11.1 Å². The summed E-state index contributed by atoms with van der Waals surface area (Å²) in [6.07, 6.45) is 10.2. The van der Waals surface area contributed by atoms with E-state index in [1.54, 1.807) is 0 Å². The van der Waals surface area contributed by atoms with E-state index in [4.69, 9.17) is 12.2 Å². The number of carbonyl (C=O) groups is 2. The standard InChI is InChI=1S/C36H44FN3O2S.2C2H6/c1-25(32(41)29-14-8-10-19-38-33(29)43)22-26-17-21-40(23-26)20-11-9-18-36(34(42)39-24-35(2,3)37)30-15-6-4-12-27(30)28-13-5-7-16-31(28)36;2*1-2/h4-8,10,12-16,25-26H,9,11,17-24H2,1-3H3,(H,38,43)(H,39,42);2*1-2H3. The van der Waals surface area contributed by atoms with Crippen LogP contribution in [0.15, 0.2) is 72.3 Å². The molecule has 2 aromatic carbocycles. The molecule has 3 aliphatic rings. The molecule has 2 N–H and O–H groups in total. The highest BCUT2D eigenvalue weighted by atomic mass is 32.1. The minimum absolute atomic E-state index is 0.0235. The number of allylic oxidation sites excluding steroid dienone is 2. The van der Waals surface area contributed by atoms with Crippen LogP contribution in [0.1, 0.15) is 91.7 Å².